The maximum Gasteiger partial charge on any atom is 0.322 e. The normalized spacial score (nSPS) is 8.62. The van der Waals surface area contributed by atoms with Crippen molar-refractivity contribution in [3.8, 4) is 0 Å². The second kappa shape index (κ2) is 6.62. The van der Waals surface area contributed by atoms with E-state index < -0.39 is 6.03 Å². The summed E-state index contributed by atoms with van der Waals surface area (Å²) in [5.41, 5.74) is 6.05. The molecule has 0 radical (unpaired) electrons. The van der Waals surface area contributed by atoms with Crippen LogP contribution in [0.4, 0.5) is 4.79 Å². The molecule has 72 valence electrons. The average Bonchev–Trinajstić information content (AvgIpc) is 2.05. The third-order valence-electron chi connectivity index (χ3n) is 1.25. The van der Waals surface area contributed by atoms with Crippen molar-refractivity contribution in [3.05, 3.63) is 35.9 Å². The van der Waals surface area contributed by atoms with Gasteiger partial charge in [0.05, 0.1) is 0 Å². The zero-order chi connectivity index (χ0) is 8.81. The summed E-state index contributed by atoms with van der Waals surface area (Å²) in [6.45, 7) is 0. The molecule has 2 amide bonds. The van der Waals surface area contributed by atoms with Crippen LogP contribution in [-0.2, 0) is 5.75 Å². The summed E-state index contributed by atoms with van der Waals surface area (Å²) in [6, 6.07) is 9.36. The Balaban J connectivity index is 0.00000144. The Labute approximate surface area is 87.6 Å². The molecule has 0 heterocycles. The number of hydrogen-bond donors (Lipinski definition) is 2. The lowest BCUT2D eigenvalue weighted by Crippen LogP contribution is -2.22. The monoisotopic (exact) mass is 218 g/mol. The molecule has 1 rings (SSSR count). The molecule has 0 aliphatic rings. The minimum atomic E-state index is -0.504. The number of nitrogens with two attached hydrogens (primary N) is 1. The quantitative estimate of drug-likeness (QED) is 0.762. The number of amides is 2. The molecule has 0 fully saturated rings. The number of hydrogen-bond acceptors (Lipinski definition) is 2. The van der Waals surface area contributed by atoms with E-state index in [0.29, 0.717) is 0 Å². The van der Waals surface area contributed by atoms with Crippen LogP contribution in [0.15, 0.2) is 30.3 Å². The van der Waals surface area contributed by atoms with Crippen LogP contribution in [0.5, 0.6) is 0 Å². The SMILES string of the molecule is Cl.NC(=O)NSCc1ccccc1. The number of urea groups is 1. The van der Waals surface area contributed by atoms with Crippen molar-refractivity contribution in [2.24, 2.45) is 5.73 Å². The summed E-state index contributed by atoms with van der Waals surface area (Å²) < 4.78 is 2.45. The third kappa shape index (κ3) is 5.38. The molecule has 1 aromatic rings. The highest BCUT2D eigenvalue weighted by Crippen LogP contribution is 2.07. The summed E-state index contributed by atoms with van der Waals surface area (Å²) >= 11 is 1.29. The predicted molar refractivity (Wildman–Crippen MR) is 57.7 cm³/mol. The van der Waals surface area contributed by atoms with Crippen LogP contribution in [0.2, 0.25) is 0 Å². The van der Waals surface area contributed by atoms with Crippen molar-refractivity contribution < 1.29 is 4.79 Å². The third-order valence-corrected chi connectivity index (χ3v) is 2.08. The van der Waals surface area contributed by atoms with Gasteiger partial charge in [-0.25, -0.2) is 4.79 Å². The molecule has 0 atom stereocenters. The number of primary amides is 1. The van der Waals surface area contributed by atoms with Crippen molar-refractivity contribution in [3.63, 3.8) is 0 Å². The Hall–Kier alpha value is -0.870. The zero-order valence-corrected chi connectivity index (χ0v) is 8.53. The van der Waals surface area contributed by atoms with Gasteiger partial charge in [-0.15, -0.1) is 12.4 Å². The Morgan fingerprint density at radius 2 is 2.00 bits per heavy atom. The predicted octanol–water partition coefficient (Wildman–Crippen LogP) is 1.92. The van der Waals surface area contributed by atoms with Crippen molar-refractivity contribution >= 4 is 30.4 Å². The van der Waals surface area contributed by atoms with Crippen molar-refractivity contribution in [1.82, 2.24) is 4.72 Å². The van der Waals surface area contributed by atoms with Gasteiger partial charge >= 0.3 is 6.03 Å². The molecule has 0 aliphatic heterocycles. The minimum Gasteiger partial charge on any atom is -0.351 e. The fourth-order valence-electron chi connectivity index (χ4n) is 0.765. The van der Waals surface area contributed by atoms with E-state index in [-0.39, 0.29) is 12.4 Å². The van der Waals surface area contributed by atoms with Gasteiger partial charge in [-0.2, -0.15) is 0 Å². The van der Waals surface area contributed by atoms with Gasteiger partial charge in [-0.05, 0) is 17.5 Å². The van der Waals surface area contributed by atoms with Crippen LogP contribution >= 0.6 is 24.4 Å². The lowest BCUT2D eigenvalue weighted by Gasteiger charge is -1.99. The maximum atomic E-state index is 10.3. The van der Waals surface area contributed by atoms with Gasteiger partial charge < -0.3 is 5.73 Å². The highest BCUT2D eigenvalue weighted by Gasteiger charge is 1.93. The van der Waals surface area contributed by atoms with E-state index in [1.165, 1.54) is 11.9 Å². The van der Waals surface area contributed by atoms with Gasteiger partial charge in [-0.3, -0.25) is 4.72 Å². The van der Waals surface area contributed by atoms with Crippen LogP contribution in [0, 0.1) is 0 Å². The molecule has 13 heavy (non-hydrogen) atoms. The van der Waals surface area contributed by atoms with Crippen LogP contribution in [0.1, 0.15) is 5.56 Å². The standard InChI is InChI=1S/C8H10N2OS.ClH/c9-8(11)10-12-6-7-4-2-1-3-5-7;/h1-5H,6H2,(H3,9,10,11);1H. The van der Waals surface area contributed by atoms with Gasteiger partial charge in [0.25, 0.3) is 0 Å². The van der Waals surface area contributed by atoms with E-state index in [4.69, 9.17) is 5.73 Å². The molecule has 0 unspecified atom stereocenters. The summed E-state index contributed by atoms with van der Waals surface area (Å²) in [7, 11) is 0. The van der Waals surface area contributed by atoms with E-state index in [2.05, 4.69) is 4.72 Å². The number of rotatable bonds is 3. The first-order chi connectivity index (χ1) is 5.79. The molecule has 0 spiro atoms. The molecular weight excluding hydrogens is 208 g/mol. The zero-order valence-electron chi connectivity index (χ0n) is 6.90. The molecule has 3 nitrogen and oxygen atoms in total. The lowest BCUT2D eigenvalue weighted by atomic mass is 10.2. The lowest BCUT2D eigenvalue weighted by molar-refractivity contribution is 0.254. The van der Waals surface area contributed by atoms with Gasteiger partial charge in [0.1, 0.15) is 0 Å². The first-order valence-electron chi connectivity index (χ1n) is 3.50. The fourth-order valence-corrected chi connectivity index (χ4v) is 1.34. The molecule has 0 aliphatic carbocycles. The Bertz CT molecular complexity index is 256. The van der Waals surface area contributed by atoms with Gasteiger partial charge in [0.15, 0.2) is 0 Å². The van der Waals surface area contributed by atoms with Crippen molar-refractivity contribution in [2.75, 3.05) is 0 Å². The van der Waals surface area contributed by atoms with Crippen LogP contribution < -0.4 is 10.5 Å². The summed E-state index contributed by atoms with van der Waals surface area (Å²) in [6.07, 6.45) is 0. The van der Waals surface area contributed by atoms with Crippen molar-refractivity contribution in [1.29, 1.82) is 0 Å². The summed E-state index contributed by atoms with van der Waals surface area (Å²) in [4.78, 5) is 10.3. The number of carbonyl (C=O) groups excluding carboxylic acids is 1. The van der Waals surface area contributed by atoms with E-state index >= 15 is 0 Å². The molecule has 0 saturated heterocycles. The number of halogens is 1. The Kier molecular flexibility index (Phi) is 6.18. The topological polar surface area (TPSA) is 55.1 Å². The fraction of sp³-hybridized carbons (Fsp3) is 0.125. The highest BCUT2D eigenvalue weighted by atomic mass is 35.5. The summed E-state index contributed by atoms with van der Waals surface area (Å²) in [5, 5.41) is 0. The largest absolute Gasteiger partial charge is 0.351 e. The van der Waals surface area contributed by atoms with Crippen LogP contribution in [0.25, 0.3) is 0 Å². The van der Waals surface area contributed by atoms with Gasteiger partial charge in [-0.1, -0.05) is 30.3 Å². The average molecular weight is 219 g/mol. The molecule has 0 saturated carbocycles. The second-order valence-electron chi connectivity index (χ2n) is 2.24. The minimum absolute atomic E-state index is 0. The smallest absolute Gasteiger partial charge is 0.322 e. The number of carbonyl (C=O) groups is 1. The van der Waals surface area contributed by atoms with E-state index in [1.807, 2.05) is 30.3 Å². The van der Waals surface area contributed by atoms with Crippen LogP contribution in [-0.4, -0.2) is 6.03 Å². The van der Waals surface area contributed by atoms with Crippen LogP contribution in [0.3, 0.4) is 0 Å². The van der Waals surface area contributed by atoms with E-state index in [9.17, 15) is 4.79 Å². The molecular formula is C8H11ClN2OS. The number of benzene rings is 1. The first kappa shape index (κ1) is 12.1. The maximum absolute atomic E-state index is 10.3. The first-order valence-corrected chi connectivity index (χ1v) is 4.49. The molecule has 0 bridgehead atoms. The van der Waals surface area contributed by atoms with Gasteiger partial charge in [0.2, 0.25) is 0 Å². The Morgan fingerprint density at radius 3 is 2.54 bits per heavy atom. The molecule has 0 aromatic heterocycles. The highest BCUT2D eigenvalue weighted by molar-refractivity contribution is 7.97. The Morgan fingerprint density at radius 1 is 1.38 bits per heavy atom. The van der Waals surface area contributed by atoms with Crippen molar-refractivity contribution in [2.45, 2.75) is 5.75 Å². The second-order valence-corrected chi connectivity index (χ2v) is 3.02. The molecule has 5 heteroatoms. The molecule has 1 aromatic carbocycles. The van der Waals surface area contributed by atoms with Gasteiger partial charge in [0, 0.05) is 5.75 Å². The van der Waals surface area contributed by atoms with E-state index in [1.54, 1.807) is 0 Å². The van der Waals surface area contributed by atoms with E-state index in [0.717, 1.165) is 11.3 Å². The summed E-state index contributed by atoms with van der Waals surface area (Å²) in [5.74, 6) is 0.740. The number of nitrogens with one attached hydrogen (secondary N) is 1. The molecule has 3 N–H and O–H groups in total.